The van der Waals surface area contributed by atoms with E-state index in [1.54, 1.807) is 39.8 Å². The number of Topliss-reactive ketones (excluding diaryl/α,β-unsaturated/α-hetero) is 1. The number of ether oxygens (including phenoxy) is 4. The number of esters is 1. The van der Waals surface area contributed by atoms with Gasteiger partial charge in [0.25, 0.3) is 11.7 Å². The molecule has 1 amide bonds. The van der Waals surface area contributed by atoms with Gasteiger partial charge in [0.2, 0.25) is 0 Å². The van der Waals surface area contributed by atoms with Crippen molar-refractivity contribution < 1.29 is 58.9 Å². The number of benzene rings is 3. The largest absolute Gasteiger partial charge is 0.507 e. The number of aliphatic hydroxyl groups is 2. The maximum Gasteiger partial charge on any atom is 0.312 e. The summed E-state index contributed by atoms with van der Waals surface area (Å²) in [6.07, 6.45) is 4.88. The number of carbonyl (C=O) groups is 3. The number of nitrogens with zero attached hydrogens (tertiary/aromatic N) is 3. The molecule has 3 aromatic rings. The molecule has 1 fully saturated rings. The average Bonchev–Trinajstić information content (AvgIpc) is 3.55. The third-order valence-corrected chi connectivity index (χ3v) is 13.6. The van der Waals surface area contributed by atoms with E-state index in [9.17, 15) is 39.9 Å². The highest BCUT2D eigenvalue weighted by molar-refractivity contribution is 6.23. The summed E-state index contributed by atoms with van der Waals surface area (Å²) in [6, 6.07) is 9.93. The van der Waals surface area contributed by atoms with Crippen molar-refractivity contribution in [2.75, 3.05) is 25.5 Å². The van der Waals surface area contributed by atoms with Gasteiger partial charge in [0.05, 0.1) is 65.1 Å². The number of phenols is 3. The Kier molecular flexibility index (Phi) is 15.5. The number of hydrogen-bond acceptors (Lipinski definition) is 15. The van der Waals surface area contributed by atoms with Crippen LogP contribution in [0.15, 0.2) is 71.6 Å². The van der Waals surface area contributed by atoms with Crippen LogP contribution in [0.25, 0.3) is 10.8 Å². The number of carbonyl (C=O) groups excluding carboxylic acids is 3. The van der Waals surface area contributed by atoms with Crippen LogP contribution >= 0.6 is 0 Å². The second kappa shape index (κ2) is 20.5. The van der Waals surface area contributed by atoms with Gasteiger partial charge in [0.1, 0.15) is 23.4 Å². The van der Waals surface area contributed by atoms with Gasteiger partial charge in [0, 0.05) is 80.8 Å². The Morgan fingerprint density at radius 2 is 1.57 bits per heavy atom. The molecule has 362 valence electrons. The summed E-state index contributed by atoms with van der Waals surface area (Å²) in [5.74, 6) is -8.46. The summed E-state index contributed by atoms with van der Waals surface area (Å²) in [5, 5.41) is 68.1. The monoisotopic (exact) mass is 926 g/mol. The molecule has 0 radical (unpaired) electrons. The number of hydrogen-bond donors (Lipinski definition) is 6. The van der Waals surface area contributed by atoms with Crippen molar-refractivity contribution in [3.63, 3.8) is 0 Å². The summed E-state index contributed by atoms with van der Waals surface area (Å²) < 4.78 is 23.8. The number of fused-ring (bicyclic) bond motifs is 14. The first-order valence-corrected chi connectivity index (χ1v) is 22.8. The highest BCUT2D eigenvalue weighted by Gasteiger charge is 2.50. The third kappa shape index (κ3) is 10.2. The Balaban J connectivity index is 1.49. The number of ketones is 1. The topological polar surface area (TPSA) is 220 Å². The molecule has 0 unspecified atom stereocenters. The van der Waals surface area contributed by atoms with E-state index in [4.69, 9.17) is 24.0 Å². The van der Waals surface area contributed by atoms with E-state index < -0.39 is 88.8 Å². The lowest BCUT2D eigenvalue weighted by atomic mass is 9.78. The fraction of sp³-hybridized carbons (Fsp3) is 0.490. The summed E-state index contributed by atoms with van der Waals surface area (Å²) in [5.41, 5.74) is 0.785. The molecule has 0 saturated carbocycles. The third-order valence-electron chi connectivity index (χ3n) is 13.6. The van der Waals surface area contributed by atoms with Gasteiger partial charge >= 0.3 is 11.8 Å². The SMILES string of the molecule is CO[C@@H]1C=CO[C@@]2(C)Oc3c(C)c(O)c4c(O)c(c(C=NN5[C@H](C)CN(Cc6ccccc6)C[C@@H]5C)c(O)c4c3C2=O)NC(=O)C(C)=CC=C[C@H](C)[C@H](O)[C@H](C)[C@H](O)[C@H](C)[C@@H](OC(C)=O)[C@@H]1C. The maximum atomic E-state index is 14.6. The van der Waals surface area contributed by atoms with E-state index in [1.165, 1.54) is 65.0 Å². The van der Waals surface area contributed by atoms with E-state index in [0.29, 0.717) is 13.1 Å². The van der Waals surface area contributed by atoms with Crippen LogP contribution in [0, 0.1) is 30.6 Å². The fourth-order valence-electron chi connectivity index (χ4n) is 9.62. The van der Waals surface area contributed by atoms with Gasteiger partial charge in [-0.25, -0.2) is 0 Å². The molecule has 16 heteroatoms. The molecule has 7 rings (SSSR count). The highest BCUT2D eigenvalue weighted by Crippen LogP contribution is 2.55. The van der Waals surface area contributed by atoms with Gasteiger partial charge < -0.3 is 49.8 Å². The number of methoxy groups -OCH3 is 1. The Morgan fingerprint density at radius 3 is 2.19 bits per heavy atom. The second-order valence-corrected chi connectivity index (χ2v) is 18.6. The second-order valence-electron chi connectivity index (χ2n) is 18.6. The first-order valence-electron chi connectivity index (χ1n) is 22.8. The minimum Gasteiger partial charge on any atom is -0.507 e. The van der Waals surface area contributed by atoms with Gasteiger partial charge in [-0.15, -0.1) is 0 Å². The van der Waals surface area contributed by atoms with E-state index in [0.717, 1.165) is 6.54 Å². The van der Waals surface area contributed by atoms with Crippen molar-refractivity contribution in [2.24, 2.45) is 28.8 Å². The molecule has 1 saturated heterocycles. The molecule has 4 heterocycles. The molecule has 3 aromatic carbocycles. The Bertz CT molecular complexity index is 2460. The molecule has 6 N–H and O–H groups in total. The van der Waals surface area contributed by atoms with Crippen LogP contribution < -0.4 is 10.1 Å². The molecule has 16 nitrogen and oxygen atoms in total. The number of aliphatic hydroxyl groups excluding tert-OH is 2. The zero-order valence-electron chi connectivity index (χ0n) is 40.2. The predicted octanol–water partition coefficient (Wildman–Crippen LogP) is 6.68. The van der Waals surface area contributed by atoms with E-state index in [-0.39, 0.29) is 56.6 Å². The number of nitrogens with one attached hydrogen (secondary N) is 1. The minimum atomic E-state index is -2.07. The van der Waals surface area contributed by atoms with Crippen LogP contribution in [0.3, 0.4) is 0 Å². The van der Waals surface area contributed by atoms with Gasteiger partial charge in [-0.3, -0.25) is 24.3 Å². The first-order chi connectivity index (χ1) is 31.6. The number of aromatic hydroxyl groups is 3. The Morgan fingerprint density at radius 1 is 0.910 bits per heavy atom. The molecule has 0 spiro atoms. The summed E-state index contributed by atoms with van der Waals surface area (Å²) in [4.78, 5) is 43.4. The van der Waals surface area contributed by atoms with Gasteiger partial charge in [-0.05, 0) is 39.3 Å². The molecular weight excluding hydrogens is 861 g/mol. The van der Waals surface area contributed by atoms with Crippen LogP contribution in [-0.4, -0.2) is 122 Å². The molecule has 4 aliphatic rings. The smallest absolute Gasteiger partial charge is 0.312 e. The molecule has 5 bridgehead atoms. The van der Waals surface area contributed by atoms with E-state index >= 15 is 0 Å². The van der Waals surface area contributed by atoms with Crippen molar-refractivity contribution in [3.8, 4) is 23.0 Å². The first kappa shape index (κ1) is 50.5. The molecule has 0 aliphatic carbocycles. The molecule has 0 aromatic heterocycles. The number of piperazine rings is 1. The molecule has 11 atom stereocenters. The van der Waals surface area contributed by atoms with Crippen LogP contribution in [-0.2, 0) is 30.3 Å². The van der Waals surface area contributed by atoms with Crippen molar-refractivity contribution in [1.82, 2.24) is 9.91 Å². The fourth-order valence-corrected chi connectivity index (χ4v) is 9.62. The number of allylic oxidation sites excluding steroid dienone is 2. The summed E-state index contributed by atoms with van der Waals surface area (Å²) >= 11 is 0. The van der Waals surface area contributed by atoms with E-state index in [1.807, 2.05) is 37.1 Å². The zero-order chi connectivity index (χ0) is 49.2. The molecular formula is C51H66N4O12. The summed E-state index contributed by atoms with van der Waals surface area (Å²) in [6.45, 7) is 18.7. The predicted molar refractivity (Wildman–Crippen MR) is 254 cm³/mol. The van der Waals surface area contributed by atoms with Crippen molar-refractivity contribution in [2.45, 2.75) is 118 Å². The van der Waals surface area contributed by atoms with Crippen LogP contribution in [0.1, 0.15) is 89.4 Å². The number of anilines is 1. The van der Waals surface area contributed by atoms with Crippen molar-refractivity contribution in [1.29, 1.82) is 0 Å². The number of rotatable bonds is 6. The standard InChI is InChI=1S/C51H66N4O12/c1-26-16-15-17-27(2)50(63)53-41-36(22-52-55-28(3)23-54(24-29(55)4)25-35-18-13-12-14-19-35)45(60)38-39(46(41)61)44(59)33(8)48-40(38)49(62)51(10,67-48)65-21-20-37(64-11)30(5)47(66-34(9)56)32(7)43(58)31(6)42(26)57/h12-22,26,28-32,37,42-43,47,57-61H,23-25H2,1-11H3,(H,53,63)/t26-,28-,29+,30+,31-,32-,37+,42-,43-,47-,51-/m0/s1. The van der Waals surface area contributed by atoms with Crippen LogP contribution in [0.5, 0.6) is 23.0 Å². The lowest BCUT2D eigenvalue weighted by Crippen LogP contribution is -2.54. The molecule has 67 heavy (non-hydrogen) atoms. The molecule has 4 aliphatic heterocycles. The lowest BCUT2D eigenvalue weighted by Gasteiger charge is -2.42. The van der Waals surface area contributed by atoms with E-state index in [2.05, 4.69) is 22.3 Å². The highest BCUT2D eigenvalue weighted by atomic mass is 16.7. The average molecular weight is 927 g/mol. The lowest BCUT2D eigenvalue weighted by molar-refractivity contribution is -0.160. The normalized spacial score (nSPS) is 30.1. The van der Waals surface area contributed by atoms with Gasteiger partial charge in [-0.2, -0.15) is 5.10 Å². The van der Waals surface area contributed by atoms with Crippen molar-refractivity contribution in [3.05, 3.63) is 88.7 Å². The number of hydrazone groups is 1. The number of amides is 1. The Hall–Kier alpha value is -5.94. The van der Waals surface area contributed by atoms with Crippen LogP contribution in [0.2, 0.25) is 0 Å². The minimum absolute atomic E-state index is 0.0500. The zero-order valence-corrected chi connectivity index (χ0v) is 40.2. The summed E-state index contributed by atoms with van der Waals surface area (Å²) in [7, 11) is 1.44. The Labute approximate surface area is 392 Å². The maximum absolute atomic E-state index is 14.6. The van der Waals surface area contributed by atoms with Gasteiger partial charge in [-0.1, -0.05) is 76.3 Å². The quantitative estimate of drug-likeness (QED) is 0.0658. The van der Waals surface area contributed by atoms with Crippen molar-refractivity contribution >= 4 is 40.3 Å². The van der Waals surface area contributed by atoms with Crippen LogP contribution in [0.4, 0.5) is 5.69 Å². The van der Waals surface area contributed by atoms with Gasteiger partial charge in [0.15, 0.2) is 5.75 Å². The number of phenolic OH excluding ortho intramolecular Hbond substituents is 3.